The molecule has 3 nitrogen and oxygen atoms in total. The van der Waals surface area contributed by atoms with E-state index in [0.29, 0.717) is 5.41 Å². The Hall–Kier alpha value is -0.120. The number of nitrogens with one attached hydrogen (secondary N) is 1. The first-order valence-electron chi connectivity index (χ1n) is 5.04. The topological polar surface area (TPSA) is 30.5 Å². The van der Waals surface area contributed by atoms with E-state index in [1.807, 2.05) is 0 Å². The summed E-state index contributed by atoms with van der Waals surface area (Å²) in [6, 6.07) is 0. The first kappa shape index (κ1) is 11.0. The zero-order valence-corrected chi connectivity index (χ0v) is 8.77. The first-order chi connectivity index (χ1) is 6.27. The van der Waals surface area contributed by atoms with E-state index in [9.17, 15) is 0 Å². The molecule has 1 heterocycles. The average Bonchev–Trinajstić information content (AvgIpc) is 2.14. The molecule has 0 amide bonds. The van der Waals surface area contributed by atoms with Gasteiger partial charge >= 0.3 is 0 Å². The van der Waals surface area contributed by atoms with Crippen molar-refractivity contribution < 1.29 is 9.47 Å². The van der Waals surface area contributed by atoms with Crippen LogP contribution in [0.4, 0.5) is 0 Å². The third kappa shape index (κ3) is 4.07. The van der Waals surface area contributed by atoms with Gasteiger partial charge in [-0.3, -0.25) is 0 Å². The molecule has 0 radical (unpaired) electrons. The smallest absolute Gasteiger partial charge is 0.0587 e. The number of ether oxygens (including phenoxy) is 2. The number of methoxy groups -OCH3 is 1. The standard InChI is InChI=1S/C10H21NO2/c1-10(3-6-13-7-4-10)9-11-5-8-12-2/h11H,3-9H2,1-2H3. The molecule has 13 heavy (non-hydrogen) atoms. The van der Waals surface area contributed by atoms with Crippen molar-refractivity contribution in [3.8, 4) is 0 Å². The molecule has 1 fully saturated rings. The zero-order chi connectivity index (χ0) is 9.57. The lowest BCUT2D eigenvalue weighted by molar-refractivity contribution is 0.0235. The number of hydrogen-bond acceptors (Lipinski definition) is 3. The molecule has 0 atom stereocenters. The molecule has 1 aliphatic rings. The Morgan fingerprint density at radius 3 is 2.69 bits per heavy atom. The summed E-state index contributed by atoms with van der Waals surface area (Å²) in [5.74, 6) is 0. The van der Waals surface area contributed by atoms with Gasteiger partial charge in [-0.15, -0.1) is 0 Å². The summed E-state index contributed by atoms with van der Waals surface area (Å²) in [4.78, 5) is 0. The van der Waals surface area contributed by atoms with E-state index in [4.69, 9.17) is 9.47 Å². The van der Waals surface area contributed by atoms with Crippen LogP contribution in [-0.2, 0) is 9.47 Å². The molecule has 0 aromatic heterocycles. The average molecular weight is 187 g/mol. The molecule has 0 bridgehead atoms. The largest absolute Gasteiger partial charge is 0.383 e. The van der Waals surface area contributed by atoms with Crippen LogP contribution in [0.2, 0.25) is 0 Å². The molecule has 1 N–H and O–H groups in total. The Morgan fingerprint density at radius 1 is 1.38 bits per heavy atom. The van der Waals surface area contributed by atoms with Crippen molar-refractivity contribution in [3.63, 3.8) is 0 Å². The predicted octanol–water partition coefficient (Wildman–Crippen LogP) is 1.04. The van der Waals surface area contributed by atoms with Crippen molar-refractivity contribution in [1.82, 2.24) is 5.32 Å². The Labute approximate surface area is 80.8 Å². The lowest BCUT2D eigenvalue weighted by Gasteiger charge is -2.33. The molecule has 3 heteroatoms. The Bertz CT molecular complexity index is 133. The summed E-state index contributed by atoms with van der Waals surface area (Å²) in [6.07, 6.45) is 2.35. The minimum Gasteiger partial charge on any atom is -0.383 e. The molecule has 0 saturated carbocycles. The predicted molar refractivity (Wildman–Crippen MR) is 52.9 cm³/mol. The highest BCUT2D eigenvalue weighted by molar-refractivity contribution is 4.79. The van der Waals surface area contributed by atoms with E-state index in [2.05, 4.69) is 12.2 Å². The number of hydrogen-bond donors (Lipinski definition) is 1. The fraction of sp³-hybridized carbons (Fsp3) is 1.00. The minimum atomic E-state index is 0.436. The van der Waals surface area contributed by atoms with E-state index in [1.165, 1.54) is 12.8 Å². The first-order valence-corrected chi connectivity index (χ1v) is 5.04. The van der Waals surface area contributed by atoms with Gasteiger partial charge in [-0.1, -0.05) is 6.92 Å². The molecule has 78 valence electrons. The van der Waals surface area contributed by atoms with Crippen molar-refractivity contribution in [2.45, 2.75) is 19.8 Å². The van der Waals surface area contributed by atoms with Crippen molar-refractivity contribution in [2.24, 2.45) is 5.41 Å². The third-order valence-corrected chi connectivity index (χ3v) is 2.73. The van der Waals surface area contributed by atoms with Crippen LogP contribution < -0.4 is 5.32 Å². The second-order valence-corrected chi connectivity index (χ2v) is 4.09. The van der Waals surface area contributed by atoms with Crippen LogP contribution >= 0.6 is 0 Å². The van der Waals surface area contributed by atoms with Crippen LogP contribution in [0.15, 0.2) is 0 Å². The van der Waals surface area contributed by atoms with Gasteiger partial charge in [-0.05, 0) is 18.3 Å². The quantitative estimate of drug-likeness (QED) is 0.652. The summed E-state index contributed by atoms with van der Waals surface area (Å²) in [5, 5.41) is 3.42. The summed E-state index contributed by atoms with van der Waals surface area (Å²) in [7, 11) is 1.73. The van der Waals surface area contributed by atoms with Gasteiger partial charge in [0, 0.05) is 33.4 Å². The van der Waals surface area contributed by atoms with Crippen LogP contribution in [0, 0.1) is 5.41 Å². The highest BCUT2D eigenvalue weighted by Gasteiger charge is 2.26. The summed E-state index contributed by atoms with van der Waals surface area (Å²) < 4.78 is 10.3. The normalized spacial score (nSPS) is 21.7. The van der Waals surface area contributed by atoms with Crippen LogP contribution in [0.3, 0.4) is 0 Å². The summed E-state index contributed by atoms with van der Waals surface area (Å²) in [6.45, 7) is 7.00. The van der Waals surface area contributed by atoms with Gasteiger partial charge in [0.15, 0.2) is 0 Å². The van der Waals surface area contributed by atoms with Crippen LogP contribution in [0.5, 0.6) is 0 Å². The monoisotopic (exact) mass is 187 g/mol. The van der Waals surface area contributed by atoms with E-state index in [-0.39, 0.29) is 0 Å². The van der Waals surface area contributed by atoms with Gasteiger partial charge < -0.3 is 14.8 Å². The number of rotatable bonds is 5. The van der Waals surface area contributed by atoms with E-state index in [1.54, 1.807) is 7.11 Å². The maximum Gasteiger partial charge on any atom is 0.0587 e. The van der Waals surface area contributed by atoms with Gasteiger partial charge in [-0.25, -0.2) is 0 Å². The minimum absolute atomic E-state index is 0.436. The van der Waals surface area contributed by atoms with Gasteiger partial charge in [0.2, 0.25) is 0 Å². The maximum atomic E-state index is 5.34. The van der Waals surface area contributed by atoms with Crippen molar-refractivity contribution in [3.05, 3.63) is 0 Å². The van der Waals surface area contributed by atoms with Crippen LogP contribution in [0.1, 0.15) is 19.8 Å². The molecular formula is C10H21NO2. The van der Waals surface area contributed by atoms with Crippen LogP contribution in [-0.4, -0.2) is 40.0 Å². The maximum absolute atomic E-state index is 5.34. The molecular weight excluding hydrogens is 166 g/mol. The van der Waals surface area contributed by atoms with Gasteiger partial charge in [-0.2, -0.15) is 0 Å². The molecule has 1 aliphatic heterocycles. The van der Waals surface area contributed by atoms with Crippen molar-refractivity contribution >= 4 is 0 Å². The molecule has 1 rings (SSSR count). The molecule has 0 unspecified atom stereocenters. The molecule has 0 aliphatic carbocycles. The third-order valence-electron chi connectivity index (χ3n) is 2.73. The van der Waals surface area contributed by atoms with E-state index < -0.39 is 0 Å². The van der Waals surface area contributed by atoms with Gasteiger partial charge in [0.1, 0.15) is 0 Å². The Kier molecular flexibility index (Phi) is 4.70. The SMILES string of the molecule is COCCNCC1(C)CCOCC1. The van der Waals surface area contributed by atoms with Crippen molar-refractivity contribution in [2.75, 3.05) is 40.0 Å². The fourth-order valence-corrected chi connectivity index (χ4v) is 1.61. The molecule has 1 saturated heterocycles. The van der Waals surface area contributed by atoms with Gasteiger partial charge in [0.05, 0.1) is 6.61 Å². The lowest BCUT2D eigenvalue weighted by atomic mass is 9.82. The lowest BCUT2D eigenvalue weighted by Crippen LogP contribution is -2.37. The van der Waals surface area contributed by atoms with Crippen LogP contribution in [0.25, 0.3) is 0 Å². The van der Waals surface area contributed by atoms with E-state index >= 15 is 0 Å². The summed E-state index contributed by atoms with van der Waals surface area (Å²) in [5.41, 5.74) is 0.436. The van der Waals surface area contributed by atoms with Gasteiger partial charge in [0.25, 0.3) is 0 Å². The molecule has 0 spiro atoms. The summed E-state index contributed by atoms with van der Waals surface area (Å²) >= 11 is 0. The Morgan fingerprint density at radius 2 is 2.08 bits per heavy atom. The fourth-order valence-electron chi connectivity index (χ4n) is 1.61. The second-order valence-electron chi connectivity index (χ2n) is 4.09. The molecule has 0 aromatic carbocycles. The van der Waals surface area contributed by atoms with Crippen molar-refractivity contribution in [1.29, 1.82) is 0 Å². The Balaban J connectivity index is 2.10. The van der Waals surface area contributed by atoms with E-state index in [0.717, 1.165) is 32.9 Å². The zero-order valence-electron chi connectivity index (χ0n) is 8.77. The highest BCUT2D eigenvalue weighted by atomic mass is 16.5. The molecule has 0 aromatic rings. The second kappa shape index (κ2) is 5.58. The highest BCUT2D eigenvalue weighted by Crippen LogP contribution is 2.28.